The largest absolute Gasteiger partial charge is 0.314 e. The van der Waals surface area contributed by atoms with Crippen LogP contribution in [0.5, 0.6) is 0 Å². The Bertz CT molecular complexity index is 294. The van der Waals surface area contributed by atoms with Crippen LogP contribution in [-0.2, 0) is 13.5 Å². The summed E-state index contributed by atoms with van der Waals surface area (Å²) in [4.78, 5) is 1.51. The molecule has 1 atom stereocenters. The lowest BCUT2D eigenvalue weighted by molar-refractivity contribution is 0.403. The zero-order valence-corrected chi connectivity index (χ0v) is 10.8. The summed E-state index contributed by atoms with van der Waals surface area (Å²) in [6.45, 7) is 7.68. The van der Waals surface area contributed by atoms with Gasteiger partial charge in [0.2, 0.25) is 0 Å². The Morgan fingerprint density at radius 3 is 2.62 bits per heavy atom. The number of aryl methyl sites for hydroxylation is 2. The predicted molar refractivity (Wildman–Crippen MR) is 64.0 cm³/mol. The van der Waals surface area contributed by atoms with Gasteiger partial charge in [-0.2, -0.15) is 4.80 Å². The van der Waals surface area contributed by atoms with Crippen molar-refractivity contribution in [2.75, 3.05) is 6.54 Å². The van der Waals surface area contributed by atoms with Crippen molar-refractivity contribution < 1.29 is 0 Å². The SMILES string of the molecule is CCNC(CCc1nnn(C)n1)CC(C)C. The van der Waals surface area contributed by atoms with Gasteiger partial charge < -0.3 is 5.32 Å². The van der Waals surface area contributed by atoms with E-state index >= 15 is 0 Å². The summed E-state index contributed by atoms with van der Waals surface area (Å²) >= 11 is 0. The Balaban J connectivity index is 2.36. The number of rotatable bonds is 7. The van der Waals surface area contributed by atoms with Crippen LogP contribution >= 0.6 is 0 Å². The summed E-state index contributed by atoms with van der Waals surface area (Å²) in [5.74, 6) is 1.56. The highest BCUT2D eigenvalue weighted by molar-refractivity contribution is 4.80. The van der Waals surface area contributed by atoms with Crippen molar-refractivity contribution in [3.05, 3.63) is 5.82 Å². The molecule has 0 saturated carbocycles. The molecule has 0 aliphatic rings. The van der Waals surface area contributed by atoms with Crippen LogP contribution in [0.1, 0.15) is 39.4 Å². The van der Waals surface area contributed by atoms with E-state index in [4.69, 9.17) is 0 Å². The molecule has 16 heavy (non-hydrogen) atoms. The highest BCUT2D eigenvalue weighted by Gasteiger charge is 2.11. The highest BCUT2D eigenvalue weighted by Crippen LogP contribution is 2.09. The van der Waals surface area contributed by atoms with Crippen LogP contribution < -0.4 is 5.32 Å². The zero-order valence-electron chi connectivity index (χ0n) is 10.8. The third kappa shape index (κ3) is 4.70. The van der Waals surface area contributed by atoms with Gasteiger partial charge in [-0.1, -0.05) is 20.8 Å². The van der Waals surface area contributed by atoms with Crippen molar-refractivity contribution >= 4 is 0 Å². The van der Waals surface area contributed by atoms with E-state index in [0.717, 1.165) is 31.1 Å². The lowest BCUT2D eigenvalue weighted by atomic mass is 9.99. The lowest BCUT2D eigenvalue weighted by Crippen LogP contribution is -2.30. The molecule has 0 saturated heterocycles. The Kier molecular flexibility index (Phi) is 5.38. The van der Waals surface area contributed by atoms with E-state index in [1.165, 1.54) is 11.2 Å². The molecule has 0 fully saturated rings. The number of nitrogens with one attached hydrogen (secondary N) is 1. The van der Waals surface area contributed by atoms with Gasteiger partial charge >= 0.3 is 0 Å². The molecule has 92 valence electrons. The van der Waals surface area contributed by atoms with E-state index < -0.39 is 0 Å². The Morgan fingerprint density at radius 1 is 1.38 bits per heavy atom. The zero-order chi connectivity index (χ0) is 12.0. The average molecular weight is 225 g/mol. The molecule has 5 nitrogen and oxygen atoms in total. The van der Waals surface area contributed by atoms with Crippen molar-refractivity contribution in [2.45, 2.75) is 46.1 Å². The molecule has 1 aromatic rings. The monoisotopic (exact) mass is 225 g/mol. The van der Waals surface area contributed by atoms with E-state index in [-0.39, 0.29) is 0 Å². The minimum absolute atomic E-state index is 0.564. The molecule has 0 radical (unpaired) electrons. The number of aromatic nitrogens is 4. The van der Waals surface area contributed by atoms with Crippen LogP contribution in [0.4, 0.5) is 0 Å². The Morgan fingerprint density at radius 2 is 2.12 bits per heavy atom. The topological polar surface area (TPSA) is 55.6 Å². The summed E-state index contributed by atoms with van der Waals surface area (Å²) in [5, 5.41) is 15.5. The molecule has 0 spiro atoms. The van der Waals surface area contributed by atoms with Crippen molar-refractivity contribution in [3.8, 4) is 0 Å². The van der Waals surface area contributed by atoms with Crippen molar-refractivity contribution in [2.24, 2.45) is 13.0 Å². The fourth-order valence-electron chi connectivity index (χ4n) is 1.89. The molecule has 1 rings (SSSR count). The molecule has 1 unspecified atom stereocenters. The molecule has 1 heterocycles. The Hall–Kier alpha value is -0.970. The molecule has 1 N–H and O–H groups in total. The third-order valence-corrected chi connectivity index (χ3v) is 2.51. The van der Waals surface area contributed by atoms with Gasteiger partial charge in [0, 0.05) is 12.5 Å². The van der Waals surface area contributed by atoms with Gasteiger partial charge in [0.1, 0.15) is 0 Å². The van der Waals surface area contributed by atoms with E-state index in [0.29, 0.717) is 6.04 Å². The first-order valence-corrected chi connectivity index (χ1v) is 6.08. The predicted octanol–water partition coefficient (Wildman–Crippen LogP) is 1.17. The third-order valence-electron chi connectivity index (χ3n) is 2.51. The van der Waals surface area contributed by atoms with Gasteiger partial charge in [-0.15, -0.1) is 10.2 Å². The van der Waals surface area contributed by atoms with E-state index in [9.17, 15) is 0 Å². The van der Waals surface area contributed by atoms with Gasteiger partial charge in [0.05, 0.1) is 7.05 Å². The maximum atomic E-state index is 4.19. The van der Waals surface area contributed by atoms with Gasteiger partial charge in [-0.25, -0.2) is 0 Å². The highest BCUT2D eigenvalue weighted by atomic mass is 15.6. The van der Waals surface area contributed by atoms with Crippen LogP contribution in [0.3, 0.4) is 0 Å². The fourth-order valence-corrected chi connectivity index (χ4v) is 1.89. The van der Waals surface area contributed by atoms with E-state index in [1.807, 2.05) is 0 Å². The summed E-state index contributed by atoms with van der Waals surface area (Å²) in [6.07, 6.45) is 3.18. The summed E-state index contributed by atoms with van der Waals surface area (Å²) in [5.41, 5.74) is 0. The van der Waals surface area contributed by atoms with Gasteiger partial charge in [-0.05, 0) is 30.5 Å². The molecule has 0 aromatic carbocycles. The molecule has 0 bridgehead atoms. The second-order valence-corrected chi connectivity index (χ2v) is 4.62. The molecule has 5 heteroatoms. The van der Waals surface area contributed by atoms with Crippen LogP contribution in [-0.4, -0.2) is 32.8 Å². The maximum absolute atomic E-state index is 4.19. The fraction of sp³-hybridized carbons (Fsp3) is 0.909. The molecular formula is C11H23N5. The number of hydrogen-bond acceptors (Lipinski definition) is 4. The maximum Gasteiger partial charge on any atom is 0.174 e. The molecular weight excluding hydrogens is 202 g/mol. The number of tetrazole rings is 1. The first-order valence-electron chi connectivity index (χ1n) is 6.08. The molecule has 1 aromatic heterocycles. The average Bonchev–Trinajstić information content (AvgIpc) is 2.60. The van der Waals surface area contributed by atoms with Crippen molar-refractivity contribution in [3.63, 3.8) is 0 Å². The van der Waals surface area contributed by atoms with Crippen LogP contribution in [0.15, 0.2) is 0 Å². The quantitative estimate of drug-likeness (QED) is 0.756. The normalized spacial score (nSPS) is 13.3. The van der Waals surface area contributed by atoms with Gasteiger partial charge in [-0.3, -0.25) is 0 Å². The second-order valence-electron chi connectivity index (χ2n) is 4.62. The second kappa shape index (κ2) is 6.58. The molecule has 0 aliphatic heterocycles. The summed E-state index contributed by atoms with van der Waals surface area (Å²) in [6, 6.07) is 0.564. The first kappa shape index (κ1) is 13.1. The van der Waals surface area contributed by atoms with Crippen LogP contribution in [0.2, 0.25) is 0 Å². The van der Waals surface area contributed by atoms with Crippen LogP contribution in [0.25, 0.3) is 0 Å². The molecule has 0 amide bonds. The van der Waals surface area contributed by atoms with Crippen molar-refractivity contribution in [1.29, 1.82) is 0 Å². The molecule has 0 aliphatic carbocycles. The van der Waals surface area contributed by atoms with E-state index in [2.05, 4.69) is 41.5 Å². The standard InChI is InChI=1S/C11H23N5/c1-5-12-10(8-9(2)3)6-7-11-13-15-16(4)14-11/h9-10,12H,5-8H2,1-4H3. The Labute approximate surface area is 97.6 Å². The number of nitrogens with zero attached hydrogens (tertiary/aromatic N) is 4. The van der Waals surface area contributed by atoms with Gasteiger partial charge in [0.15, 0.2) is 5.82 Å². The first-order chi connectivity index (χ1) is 7.61. The summed E-state index contributed by atoms with van der Waals surface area (Å²) < 4.78 is 0. The number of hydrogen-bond donors (Lipinski definition) is 1. The summed E-state index contributed by atoms with van der Waals surface area (Å²) in [7, 11) is 1.80. The lowest BCUT2D eigenvalue weighted by Gasteiger charge is -2.18. The minimum atomic E-state index is 0.564. The van der Waals surface area contributed by atoms with Gasteiger partial charge in [0.25, 0.3) is 0 Å². The van der Waals surface area contributed by atoms with Crippen molar-refractivity contribution in [1.82, 2.24) is 25.5 Å². The minimum Gasteiger partial charge on any atom is -0.314 e. The van der Waals surface area contributed by atoms with E-state index in [1.54, 1.807) is 7.05 Å². The van der Waals surface area contributed by atoms with Crippen LogP contribution in [0, 0.1) is 5.92 Å². The smallest absolute Gasteiger partial charge is 0.174 e.